The number of amides is 3. The molecular formula is C27H25N3O6. The van der Waals surface area contributed by atoms with Gasteiger partial charge < -0.3 is 25.0 Å². The van der Waals surface area contributed by atoms with Crippen LogP contribution in [0.1, 0.15) is 23.2 Å². The van der Waals surface area contributed by atoms with Gasteiger partial charge in [0, 0.05) is 36.0 Å². The van der Waals surface area contributed by atoms with Gasteiger partial charge in [0.15, 0.2) is 6.61 Å². The van der Waals surface area contributed by atoms with Gasteiger partial charge in [0.25, 0.3) is 11.8 Å². The Kier molecular flexibility index (Phi) is 7.92. The number of hydrogen-bond acceptors (Lipinski definition) is 6. The van der Waals surface area contributed by atoms with Crippen LogP contribution in [0.4, 0.5) is 11.4 Å². The van der Waals surface area contributed by atoms with Crippen molar-refractivity contribution in [3.05, 3.63) is 84.4 Å². The van der Waals surface area contributed by atoms with E-state index in [1.165, 1.54) is 0 Å². The fraction of sp³-hybridized carbons (Fsp3) is 0.185. The Balaban J connectivity index is 1.19. The minimum absolute atomic E-state index is 0.0622. The molecule has 0 atom stereocenters. The summed E-state index contributed by atoms with van der Waals surface area (Å²) < 4.78 is 10.7. The summed E-state index contributed by atoms with van der Waals surface area (Å²) in [5.74, 6) is -0.482. The van der Waals surface area contributed by atoms with Gasteiger partial charge in [-0.3, -0.25) is 19.2 Å². The topological polar surface area (TPSA) is 114 Å². The summed E-state index contributed by atoms with van der Waals surface area (Å²) in [7, 11) is 0. The van der Waals surface area contributed by atoms with Crippen LogP contribution in [0, 0.1) is 0 Å². The highest BCUT2D eigenvalue weighted by Crippen LogP contribution is 2.24. The first kappa shape index (κ1) is 24.5. The van der Waals surface area contributed by atoms with Crippen molar-refractivity contribution < 1.29 is 28.7 Å². The highest BCUT2D eigenvalue weighted by Gasteiger charge is 2.21. The molecule has 1 saturated heterocycles. The van der Waals surface area contributed by atoms with Crippen LogP contribution in [0.3, 0.4) is 0 Å². The predicted molar refractivity (Wildman–Crippen MR) is 133 cm³/mol. The third-order valence-corrected chi connectivity index (χ3v) is 5.37. The molecule has 0 aromatic heterocycles. The number of nitrogens with one attached hydrogen (secondary N) is 2. The number of carbonyl (C=O) groups is 4. The Labute approximate surface area is 208 Å². The van der Waals surface area contributed by atoms with Gasteiger partial charge in [-0.2, -0.15) is 0 Å². The van der Waals surface area contributed by atoms with Crippen molar-refractivity contribution in [3.8, 4) is 11.5 Å². The first-order valence-electron chi connectivity index (χ1n) is 11.4. The van der Waals surface area contributed by atoms with Crippen molar-refractivity contribution in [2.45, 2.75) is 12.8 Å². The van der Waals surface area contributed by atoms with Crippen LogP contribution in [0.25, 0.3) is 0 Å². The van der Waals surface area contributed by atoms with Crippen LogP contribution < -0.4 is 20.3 Å². The first-order chi connectivity index (χ1) is 17.5. The number of anilines is 2. The molecule has 1 heterocycles. The van der Waals surface area contributed by atoms with Crippen LogP contribution in [0.5, 0.6) is 11.5 Å². The van der Waals surface area contributed by atoms with Gasteiger partial charge in [0.05, 0.1) is 0 Å². The van der Waals surface area contributed by atoms with Gasteiger partial charge in [-0.1, -0.05) is 24.3 Å². The van der Waals surface area contributed by atoms with Gasteiger partial charge in [0.1, 0.15) is 18.0 Å². The monoisotopic (exact) mass is 487 g/mol. The lowest BCUT2D eigenvalue weighted by atomic mass is 10.2. The van der Waals surface area contributed by atoms with Crippen LogP contribution >= 0.6 is 0 Å². The van der Waals surface area contributed by atoms with E-state index in [0.29, 0.717) is 35.7 Å². The Hall–Kier alpha value is -4.66. The molecule has 0 radical (unpaired) electrons. The van der Waals surface area contributed by atoms with E-state index in [9.17, 15) is 19.2 Å². The molecule has 0 unspecified atom stereocenters. The third-order valence-electron chi connectivity index (χ3n) is 5.37. The largest absolute Gasteiger partial charge is 0.457 e. The van der Waals surface area contributed by atoms with E-state index in [1.54, 1.807) is 53.4 Å². The second kappa shape index (κ2) is 11.7. The van der Waals surface area contributed by atoms with Crippen molar-refractivity contribution in [2.24, 2.45) is 0 Å². The quantitative estimate of drug-likeness (QED) is 0.447. The average molecular weight is 488 g/mol. The molecule has 4 rings (SSSR count). The molecule has 184 valence electrons. The molecule has 36 heavy (non-hydrogen) atoms. The van der Waals surface area contributed by atoms with Crippen molar-refractivity contribution in [1.82, 2.24) is 5.32 Å². The molecule has 0 aliphatic carbocycles. The lowest BCUT2D eigenvalue weighted by molar-refractivity contribution is -0.146. The number of benzene rings is 3. The molecule has 1 aliphatic heterocycles. The van der Waals surface area contributed by atoms with E-state index in [-0.39, 0.29) is 5.91 Å². The summed E-state index contributed by atoms with van der Waals surface area (Å²) in [6.07, 6.45) is 1.34. The fourth-order valence-corrected chi connectivity index (χ4v) is 3.62. The summed E-state index contributed by atoms with van der Waals surface area (Å²) >= 11 is 0. The third kappa shape index (κ3) is 6.69. The Morgan fingerprint density at radius 1 is 0.889 bits per heavy atom. The first-order valence-corrected chi connectivity index (χ1v) is 11.4. The van der Waals surface area contributed by atoms with Crippen molar-refractivity contribution in [3.63, 3.8) is 0 Å². The molecule has 3 amide bonds. The second-order valence-corrected chi connectivity index (χ2v) is 8.03. The average Bonchev–Trinajstić information content (AvgIpc) is 3.32. The number of hydrogen-bond donors (Lipinski definition) is 2. The maximum Gasteiger partial charge on any atom is 0.325 e. The number of rotatable bonds is 9. The number of para-hydroxylation sites is 1. The number of esters is 1. The van der Waals surface area contributed by atoms with E-state index in [1.807, 2.05) is 30.3 Å². The highest BCUT2D eigenvalue weighted by atomic mass is 16.5. The zero-order valence-electron chi connectivity index (χ0n) is 19.4. The summed E-state index contributed by atoms with van der Waals surface area (Å²) in [4.78, 5) is 49.9. The summed E-state index contributed by atoms with van der Waals surface area (Å²) in [6, 6.07) is 22.6. The van der Waals surface area contributed by atoms with Crippen LogP contribution in [-0.2, 0) is 19.1 Å². The molecule has 0 bridgehead atoms. The van der Waals surface area contributed by atoms with E-state index >= 15 is 0 Å². The summed E-state index contributed by atoms with van der Waals surface area (Å²) in [5, 5.41) is 5.09. The lowest BCUT2D eigenvalue weighted by Crippen LogP contribution is -2.32. The molecule has 0 saturated carbocycles. The van der Waals surface area contributed by atoms with Gasteiger partial charge in [-0.05, 0) is 55.0 Å². The maximum absolute atomic E-state index is 12.3. The van der Waals surface area contributed by atoms with E-state index in [0.717, 1.165) is 12.1 Å². The smallest absolute Gasteiger partial charge is 0.325 e. The van der Waals surface area contributed by atoms with Gasteiger partial charge in [-0.25, -0.2) is 0 Å². The maximum atomic E-state index is 12.3. The second-order valence-electron chi connectivity index (χ2n) is 8.03. The zero-order valence-corrected chi connectivity index (χ0v) is 19.4. The highest BCUT2D eigenvalue weighted by molar-refractivity contribution is 5.98. The van der Waals surface area contributed by atoms with Crippen LogP contribution in [-0.4, -0.2) is 43.4 Å². The minimum atomic E-state index is -0.751. The van der Waals surface area contributed by atoms with Crippen molar-refractivity contribution in [1.29, 1.82) is 0 Å². The zero-order chi connectivity index (χ0) is 25.3. The lowest BCUT2D eigenvalue weighted by Gasteiger charge is -2.15. The number of carbonyl (C=O) groups excluding carboxylic acids is 4. The van der Waals surface area contributed by atoms with Gasteiger partial charge in [-0.15, -0.1) is 0 Å². The molecule has 1 aliphatic rings. The van der Waals surface area contributed by atoms with E-state index in [4.69, 9.17) is 9.47 Å². The number of nitrogens with zero attached hydrogens (tertiary/aromatic N) is 1. The van der Waals surface area contributed by atoms with Crippen molar-refractivity contribution >= 4 is 35.1 Å². The van der Waals surface area contributed by atoms with Crippen molar-refractivity contribution in [2.75, 3.05) is 29.9 Å². The fourth-order valence-electron chi connectivity index (χ4n) is 3.62. The molecule has 9 heteroatoms. The minimum Gasteiger partial charge on any atom is -0.457 e. The standard InChI is InChI=1S/C27H25N3O6/c31-24(29-20-6-4-9-23(16-20)36-22-7-2-1-3-8-22)18-35-26(33)17-28-27(34)19-11-13-21(14-12-19)30-15-5-10-25(30)32/h1-4,6-9,11-14,16H,5,10,15,17-18H2,(H,28,34)(H,29,31). The normalized spacial score (nSPS) is 12.7. The molecular weight excluding hydrogens is 462 g/mol. The van der Waals surface area contributed by atoms with E-state index < -0.39 is 30.9 Å². The Morgan fingerprint density at radius 3 is 2.36 bits per heavy atom. The molecule has 3 aromatic rings. The van der Waals surface area contributed by atoms with Gasteiger partial charge >= 0.3 is 5.97 Å². The summed E-state index contributed by atoms with van der Waals surface area (Å²) in [6.45, 7) is -0.230. The molecule has 9 nitrogen and oxygen atoms in total. The molecule has 0 spiro atoms. The Bertz CT molecular complexity index is 1240. The SMILES string of the molecule is O=C(COC(=O)CNC(=O)c1ccc(N2CCCC2=O)cc1)Nc1cccc(Oc2ccccc2)c1. The summed E-state index contributed by atoms with van der Waals surface area (Å²) in [5.41, 5.74) is 1.56. The van der Waals surface area contributed by atoms with Crippen LogP contribution in [0.15, 0.2) is 78.9 Å². The molecule has 3 aromatic carbocycles. The predicted octanol–water partition coefficient (Wildman–Crippen LogP) is 3.52. The molecule has 1 fully saturated rings. The van der Waals surface area contributed by atoms with E-state index in [2.05, 4.69) is 10.6 Å². The number of ether oxygens (including phenoxy) is 2. The Morgan fingerprint density at radius 2 is 1.64 bits per heavy atom. The van der Waals surface area contributed by atoms with Gasteiger partial charge in [0.2, 0.25) is 5.91 Å². The molecule has 2 N–H and O–H groups in total. The van der Waals surface area contributed by atoms with Crippen LogP contribution in [0.2, 0.25) is 0 Å².